The highest BCUT2D eigenvalue weighted by Crippen LogP contribution is 2.09. The van der Waals surface area contributed by atoms with Crippen LogP contribution in [0.1, 0.15) is 23.1 Å². The van der Waals surface area contributed by atoms with Crippen LogP contribution in [-0.2, 0) is 0 Å². The average molecular weight is 257 g/mol. The van der Waals surface area contributed by atoms with Crippen LogP contribution in [0.4, 0.5) is 11.5 Å². The van der Waals surface area contributed by atoms with Gasteiger partial charge in [0.15, 0.2) is 0 Å². The van der Waals surface area contributed by atoms with Crippen molar-refractivity contribution < 1.29 is 4.79 Å². The molecule has 6 heteroatoms. The molecule has 0 saturated carbocycles. The lowest BCUT2D eigenvalue weighted by atomic mass is 10.3. The maximum Gasteiger partial charge on any atom is 0.275 e. The summed E-state index contributed by atoms with van der Waals surface area (Å²) in [5, 5.41) is 5.77. The molecule has 6 nitrogen and oxygen atoms in total. The van der Waals surface area contributed by atoms with Crippen molar-refractivity contribution in [2.24, 2.45) is 0 Å². The number of aromatic nitrogens is 3. The smallest absolute Gasteiger partial charge is 0.275 e. The number of hydrogen-bond acceptors (Lipinski definition) is 5. The average Bonchev–Trinajstić information content (AvgIpc) is 2.40. The molecule has 0 bridgehead atoms. The van der Waals surface area contributed by atoms with Gasteiger partial charge in [-0.05, 0) is 26.0 Å². The maximum absolute atomic E-state index is 11.9. The number of rotatable bonds is 4. The van der Waals surface area contributed by atoms with Crippen LogP contribution in [0.15, 0.2) is 30.7 Å². The van der Waals surface area contributed by atoms with Gasteiger partial charge in [-0.25, -0.2) is 9.97 Å². The van der Waals surface area contributed by atoms with E-state index in [1.165, 1.54) is 12.4 Å². The zero-order valence-electron chi connectivity index (χ0n) is 10.8. The first-order valence-corrected chi connectivity index (χ1v) is 5.99. The number of carbonyl (C=O) groups is 1. The van der Waals surface area contributed by atoms with Gasteiger partial charge in [-0.15, -0.1) is 0 Å². The molecule has 0 radical (unpaired) electrons. The molecule has 0 unspecified atom stereocenters. The minimum Gasteiger partial charge on any atom is -0.369 e. The fraction of sp³-hybridized carbons (Fsp3) is 0.231. The number of nitrogens with zero attached hydrogens (tertiary/aromatic N) is 3. The Morgan fingerprint density at radius 3 is 2.74 bits per heavy atom. The van der Waals surface area contributed by atoms with Crippen molar-refractivity contribution >= 4 is 17.4 Å². The van der Waals surface area contributed by atoms with Crippen molar-refractivity contribution in [2.45, 2.75) is 13.8 Å². The summed E-state index contributed by atoms with van der Waals surface area (Å²) in [6.07, 6.45) is 4.63. The SMILES string of the molecule is CCNc1cnc(C(=O)Nc2ccnc(C)c2)cn1. The highest BCUT2D eigenvalue weighted by atomic mass is 16.1. The third kappa shape index (κ3) is 3.48. The Kier molecular flexibility index (Phi) is 4.02. The molecule has 2 aromatic rings. The second-order valence-electron chi connectivity index (χ2n) is 3.96. The van der Waals surface area contributed by atoms with E-state index in [9.17, 15) is 4.79 Å². The molecule has 1 amide bonds. The lowest BCUT2D eigenvalue weighted by Crippen LogP contribution is -2.14. The van der Waals surface area contributed by atoms with Crippen molar-refractivity contribution in [3.63, 3.8) is 0 Å². The monoisotopic (exact) mass is 257 g/mol. The van der Waals surface area contributed by atoms with Crippen molar-refractivity contribution in [1.82, 2.24) is 15.0 Å². The number of anilines is 2. The molecule has 0 aliphatic carbocycles. The normalized spacial score (nSPS) is 10.0. The molecule has 0 aliphatic rings. The van der Waals surface area contributed by atoms with Gasteiger partial charge in [-0.2, -0.15) is 0 Å². The lowest BCUT2D eigenvalue weighted by Gasteiger charge is -2.06. The molecular weight excluding hydrogens is 242 g/mol. The molecule has 2 N–H and O–H groups in total. The molecule has 19 heavy (non-hydrogen) atoms. The molecule has 2 heterocycles. The highest BCUT2D eigenvalue weighted by molar-refractivity contribution is 6.02. The Balaban J connectivity index is 2.07. The van der Waals surface area contributed by atoms with Crippen molar-refractivity contribution in [2.75, 3.05) is 17.2 Å². The summed E-state index contributed by atoms with van der Waals surface area (Å²) in [5.74, 6) is 0.361. The molecule has 0 aliphatic heterocycles. The second-order valence-corrected chi connectivity index (χ2v) is 3.96. The second kappa shape index (κ2) is 5.90. The number of hydrogen-bond donors (Lipinski definition) is 2. The maximum atomic E-state index is 11.9. The van der Waals surface area contributed by atoms with E-state index < -0.39 is 0 Å². The summed E-state index contributed by atoms with van der Waals surface area (Å²) in [6.45, 7) is 4.59. The minimum absolute atomic E-state index is 0.274. The molecule has 98 valence electrons. The fourth-order valence-electron chi connectivity index (χ4n) is 1.54. The first-order chi connectivity index (χ1) is 9.19. The van der Waals surface area contributed by atoms with Gasteiger partial charge >= 0.3 is 0 Å². The van der Waals surface area contributed by atoms with Crippen LogP contribution in [0.5, 0.6) is 0 Å². The highest BCUT2D eigenvalue weighted by Gasteiger charge is 2.08. The topological polar surface area (TPSA) is 79.8 Å². The first kappa shape index (κ1) is 12.9. The summed E-state index contributed by atoms with van der Waals surface area (Å²) in [4.78, 5) is 24.2. The zero-order valence-corrected chi connectivity index (χ0v) is 10.8. The van der Waals surface area contributed by atoms with Gasteiger partial charge in [0.2, 0.25) is 0 Å². The molecule has 0 saturated heterocycles. The van der Waals surface area contributed by atoms with Gasteiger partial charge in [-0.3, -0.25) is 9.78 Å². The van der Waals surface area contributed by atoms with Gasteiger partial charge in [0.1, 0.15) is 11.5 Å². The van der Waals surface area contributed by atoms with Crippen LogP contribution in [-0.4, -0.2) is 27.4 Å². The van der Waals surface area contributed by atoms with E-state index in [0.29, 0.717) is 11.5 Å². The van der Waals surface area contributed by atoms with Gasteiger partial charge in [-0.1, -0.05) is 0 Å². The summed E-state index contributed by atoms with van der Waals surface area (Å²) in [7, 11) is 0. The third-order valence-corrected chi connectivity index (χ3v) is 2.40. The Morgan fingerprint density at radius 2 is 2.11 bits per heavy atom. The Bertz CT molecular complexity index is 568. The van der Waals surface area contributed by atoms with Gasteiger partial charge in [0.25, 0.3) is 5.91 Å². The fourth-order valence-corrected chi connectivity index (χ4v) is 1.54. The first-order valence-electron chi connectivity index (χ1n) is 5.99. The summed E-state index contributed by atoms with van der Waals surface area (Å²) in [6, 6.07) is 3.52. The van der Waals surface area contributed by atoms with Crippen LogP contribution in [0, 0.1) is 6.92 Å². The van der Waals surface area contributed by atoms with E-state index in [0.717, 1.165) is 12.2 Å². The summed E-state index contributed by atoms with van der Waals surface area (Å²) in [5.41, 5.74) is 1.80. The Labute approximate surface area is 111 Å². The van der Waals surface area contributed by atoms with Crippen molar-refractivity contribution in [3.05, 3.63) is 42.1 Å². The third-order valence-electron chi connectivity index (χ3n) is 2.40. The number of aryl methyl sites for hydroxylation is 1. The minimum atomic E-state index is -0.291. The van der Waals surface area contributed by atoms with E-state index in [4.69, 9.17) is 0 Å². The predicted octanol–water partition coefficient (Wildman–Crippen LogP) is 1.86. The van der Waals surface area contributed by atoms with Crippen LogP contribution in [0.2, 0.25) is 0 Å². The van der Waals surface area contributed by atoms with E-state index >= 15 is 0 Å². The van der Waals surface area contributed by atoms with E-state index in [1.54, 1.807) is 18.3 Å². The molecule has 2 rings (SSSR count). The largest absolute Gasteiger partial charge is 0.369 e. The number of amides is 1. The van der Waals surface area contributed by atoms with Gasteiger partial charge in [0.05, 0.1) is 12.4 Å². The summed E-state index contributed by atoms with van der Waals surface area (Å²) >= 11 is 0. The molecule has 0 fully saturated rings. The standard InChI is InChI=1S/C13H15N5O/c1-3-14-12-8-16-11(7-17-12)13(19)18-10-4-5-15-9(2)6-10/h4-8H,3H2,1-2H3,(H,14,17)(H,15,18,19). The lowest BCUT2D eigenvalue weighted by molar-refractivity contribution is 0.102. The van der Waals surface area contributed by atoms with E-state index in [-0.39, 0.29) is 11.6 Å². The molecular formula is C13H15N5O. The van der Waals surface area contributed by atoms with Crippen LogP contribution >= 0.6 is 0 Å². The Hall–Kier alpha value is -2.50. The quantitative estimate of drug-likeness (QED) is 0.874. The zero-order chi connectivity index (χ0) is 13.7. The Morgan fingerprint density at radius 1 is 1.26 bits per heavy atom. The van der Waals surface area contributed by atoms with Crippen LogP contribution in [0.25, 0.3) is 0 Å². The van der Waals surface area contributed by atoms with Gasteiger partial charge < -0.3 is 10.6 Å². The molecule has 2 aromatic heterocycles. The molecule has 0 aromatic carbocycles. The van der Waals surface area contributed by atoms with Crippen LogP contribution in [0.3, 0.4) is 0 Å². The van der Waals surface area contributed by atoms with E-state index in [2.05, 4.69) is 25.6 Å². The molecule has 0 atom stereocenters. The number of nitrogens with one attached hydrogen (secondary N) is 2. The predicted molar refractivity (Wildman–Crippen MR) is 73.1 cm³/mol. The van der Waals surface area contributed by atoms with E-state index in [1.807, 2.05) is 13.8 Å². The van der Waals surface area contributed by atoms with Crippen molar-refractivity contribution in [1.29, 1.82) is 0 Å². The van der Waals surface area contributed by atoms with Crippen LogP contribution < -0.4 is 10.6 Å². The molecule has 0 spiro atoms. The number of carbonyl (C=O) groups excluding carboxylic acids is 1. The van der Waals surface area contributed by atoms with Crippen molar-refractivity contribution in [3.8, 4) is 0 Å². The number of pyridine rings is 1. The summed E-state index contributed by atoms with van der Waals surface area (Å²) < 4.78 is 0. The van der Waals surface area contributed by atoms with Gasteiger partial charge in [0, 0.05) is 24.1 Å².